The van der Waals surface area contributed by atoms with Crippen LogP contribution in [0.1, 0.15) is 33.3 Å². The number of rotatable bonds is 11. The zero-order valence-electron chi connectivity index (χ0n) is 17.8. The van der Waals surface area contributed by atoms with Crippen LogP contribution in [-0.4, -0.2) is 52.5 Å². The predicted molar refractivity (Wildman–Crippen MR) is 125 cm³/mol. The molecular formula is C18H31F2IN4O4S. The molecule has 0 saturated carbocycles. The van der Waals surface area contributed by atoms with E-state index in [1.54, 1.807) is 39.0 Å². The molecule has 174 valence electrons. The number of hydrogen-bond acceptors (Lipinski definition) is 5. The number of nitrogens with one attached hydrogen (secondary N) is 3. The van der Waals surface area contributed by atoms with E-state index in [4.69, 9.17) is 4.74 Å². The Morgan fingerprint density at radius 1 is 1.23 bits per heavy atom. The Hall–Kier alpha value is -1.41. The fourth-order valence-corrected chi connectivity index (χ4v) is 3.60. The number of hydrogen-bond donors (Lipinski definition) is 3. The van der Waals surface area contributed by atoms with Crippen molar-refractivity contribution in [3.63, 3.8) is 0 Å². The van der Waals surface area contributed by atoms with E-state index < -0.39 is 22.2 Å². The fourth-order valence-electron chi connectivity index (χ4n) is 2.53. The summed E-state index contributed by atoms with van der Waals surface area (Å²) in [6, 6.07) is 4.85. The van der Waals surface area contributed by atoms with E-state index in [-0.39, 0.29) is 48.6 Å². The van der Waals surface area contributed by atoms with Crippen molar-refractivity contribution in [3.8, 4) is 11.5 Å². The van der Waals surface area contributed by atoms with Crippen molar-refractivity contribution in [2.75, 3.05) is 26.0 Å². The first-order chi connectivity index (χ1) is 13.5. The summed E-state index contributed by atoms with van der Waals surface area (Å²) >= 11 is 0. The summed E-state index contributed by atoms with van der Waals surface area (Å²) in [6.45, 7) is 5.26. The van der Waals surface area contributed by atoms with Crippen LogP contribution in [-0.2, 0) is 16.6 Å². The van der Waals surface area contributed by atoms with Gasteiger partial charge in [-0.1, -0.05) is 12.1 Å². The number of halogens is 3. The first kappa shape index (κ1) is 28.6. The molecule has 12 heteroatoms. The average Bonchev–Trinajstić information content (AvgIpc) is 2.57. The predicted octanol–water partition coefficient (Wildman–Crippen LogP) is 2.69. The highest BCUT2D eigenvalue weighted by Crippen LogP contribution is 2.33. The minimum atomic E-state index is -3.38. The highest BCUT2D eigenvalue weighted by molar-refractivity contribution is 14.0. The van der Waals surface area contributed by atoms with Crippen LogP contribution in [0, 0.1) is 0 Å². The highest BCUT2D eigenvalue weighted by Gasteiger charge is 2.22. The number of alkyl halides is 2. The van der Waals surface area contributed by atoms with E-state index in [1.165, 1.54) is 0 Å². The van der Waals surface area contributed by atoms with Crippen molar-refractivity contribution in [3.05, 3.63) is 23.8 Å². The molecule has 1 aromatic rings. The second kappa shape index (κ2) is 13.1. The molecule has 0 aliphatic carbocycles. The van der Waals surface area contributed by atoms with Crippen LogP contribution < -0.4 is 24.8 Å². The van der Waals surface area contributed by atoms with Gasteiger partial charge < -0.3 is 20.1 Å². The molecule has 30 heavy (non-hydrogen) atoms. The highest BCUT2D eigenvalue weighted by atomic mass is 127. The van der Waals surface area contributed by atoms with Gasteiger partial charge in [-0.2, -0.15) is 8.78 Å². The average molecular weight is 564 g/mol. The van der Waals surface area contributed by atoms with Gasteiger partial charge in [-0.25, -0.2) is 18.1 Å². The van der Waals surface area contributed by atoms with Crippen LogP contribution in [0.4, 0.5) is 8.78 Å². The lowest BCUT2D eigenvalue weighted by Crippen LogP contribution is -2.53. The summed E-state index contributed by atoms with van der Waals surface area (Å²) < 4.78 is 61.1. The lowest BCUT2D eigenvalue weighted by Gasteiger charge is -2.26. The molecule has 0 amide bonds. The lowest BCUT2D eigenvalue weighted by molar-refractivity contribution is -0.0520. The molecule has 0 aliphatic heterocycles. The Labute approximate surface area is 194 Å². The third kappa shape index (κ3) is 11.1. The number of nitrogens with zero attached hydrogens (tertiary/aromatic N) is 1. The van der Waals surface area contributed by atoms with E-state index in [1.807, 2.05) is 6.92 Å². The maximum Gasteiger partial charge on any atom is 0.387 e. The van der Waals surface area contributed by atoms with Gasteiger partial charge in [-0.3, -0.25) is 0 Å². The van der Waals surface area contributed by atoms with Crippen molar-refractivity contribution in [1.29, 1.82) is 0 Å². The molecule has 0 heterocycles. The second-order valence-corrected chi connectivity index (χ2v) is 8.61. The molecule has 0 saturated heterocycles. The molecule has 0 unspecified atom stereocenters. The van der Waals surface area contributed by atoms with Gasteiger partial charge >= 0.3 is 6.61 Å². The van der Waals surface area contributed by atoms with Gasteiger partial charge in [0.2, 0.25) is 10.0 Å². The number of ether oxygens (including phenoxy) is 2. The van der Waals surface area contributed by atoms with E-state index in [9.17, 15) is 17.2 Å². The third-order valence-corrected chi connectivity index (χ3v) is 4.40. The van der Waals surface area contributed by atoms with Gasteiger partial charge in [-0.05, 0) is 33.8 Å². The summed E-state index contributed by atoms with van der Waals surface area (Å²) in [6.07, 6.45) is 1.09. The third-order valence-electron chi connectivity index (χ3n) is 3.48. The van der Waals surface area contributed by atoms with Gasteiger partial charge in [0.25, 0.3) is 0 Å². The maximum absolute atomic E-state index is 12.8. The molecule has 8 nitrogen and oxygen atoms in total. The molecule has 0 aromatic heterocycles. The van der Waals surface area contributed by atoms with E-state index >= 15 is 0 Å². The minimum Gasteiger partial charge on any atom is -0.490 e. The molecule has 0 aliphatic rings. The monoisotopic (exact) mass is 564 g/mol. The zero-order valence-corrected chi connectivity index (χ0v) is 20.9. The Morgan fingerprint density at radius 3 is 2.43 bits per heavy atom. The smallest absolute Gasteiger partial charge is 0.387 e. The van der Waals surface area contributed by atoms with Crippen molar-refractivity contribution in [1.82, 2.24) is 15.4 Å². The van der Waals surface area contributed by atoms with Gasteiger partial charge in [0.15, 0.2) is 17.5 Å². The first-order valence-electron chi connectivity index (χ1n) is 9.18. The first-order valence-corrected chi connectivity index (χ1v) is 11.1. The molecule has 0 fully saturated rings. The zero-order chi connectivity index (χ0) is 22.1. The van der Waals surface area contributed by atoms with Crippen LogP contribution in [0.3, 0.4) is 0 Å². The van der Waals surface area contributed by atoms with Crippen LogP contribution in [0.25, 0.3) is 0 Å². The molecule has 3 N–H and O–H groups in total. The van der Waals surface area contributed by atoms with Crippen LogP contribution in [0.2, 0.25) is 0 Å². The second-order valence-electron chi connectivity index (χ2n) is 6.86. The summed E-state index contributed by atoms with van der Waals surface area (Å²) in [5.41, 5.74) is -0.329. The minimum absolute atomic E-state index is 0. The van der Waals surface area contributed by atoms with Gasteiger partial charge in [0.1, 0.15) is 0 Å². The number of guanidine groups is 1. The van der Waals surface area contributed by atoms with E-state index in [2.05, 4.69) is 25.1 Å². The Morgan fingerprint density at radius 2 is 1.90 bits per heavy atom. The maximum atomic E-state index is 12.8. The number of para-hydroxylation sites is 1. The summed E-state index contributed by atoms with van der Waals surface area (Å²) in [7, 11) is -3.38. The normalized spacial score (nSPS) is 12.3. The topological polar surface area (TPSA) is 101 Å². The molecule has 0 radical (unpaired) electrons. The van der Waals surface area contributed by atoms with Crippen molar-refractivity contribution in [2.24, 2.45) is 4.99 Å². The van der Waals surface area contributed by atoms with Crippen LogP contribution in [0.5, 0.6) is 11.5 Å². The molecule has 1 rings (SSSR count). The molecule has 0 bridgehead atoms. The number of aliphatic imine (C=N–C) groups is 1. The quantitative estimate of drug-likeness (QED) is 0.217. The Bertz CT molecular complexity index is 792. The molecule has 0 spiro atoms. The fraction of sp³-hybridized carbons (Fsp3) is 0.611. The SMILES string of the molecule is CCNC(=NCc1cccc(OCC)c1OC(F)F)NCC(C)(C)NS(C)(=O)=O.I. The van der Waals surface area contributed by atoms with Crippen molar-refractivity contribution >= 4 is 40.0 Å². The largest absolute Gasteiger partial charge is 0.490 e. The Kier molecular flexibility index (Phi) is 12.5. The van der Waals surface area contributed by atoms with Gasteiger partial charge in [0, 0.05) is 24.2 Å². The summed E-state index contributed by atoms with van der Waals surface area (Å²) in [5, 5.41) is 6.08. The summed E-state index contributed by atoms with van der Waals surface area (Å²) in [4.78, 5) is 4.39. The molecular weight excluding hydrogens is 533 g/mol. The van der Waals surface area contributed by atoms with Gasteiger partial charge in [0.05, 0.1) is 19.4 Å². The van der Waals surface area contributed by atoms with Crippen LogP contribution in [0.15, 0.2) is 23.2 Å². The molecule has 1 aromatic carbocycles. The lowest BCUT2D eigenvalue weighted by atomic mass is 10.1. The Balaban J connectivity index is 0.00000841. The summed E-state index contributed by atoms with van der Waals surface area (Å²) in [5.74, 6) is 0.570. The number of benzene rings is 1. The van der Waals surface area contributed by atoms with E-state index in [0.29, 0.717) is 24.7 Å². The molecule has 0 atom stereocenters. The standard InChI is InChI=1S/C18H30F2N4O4S.HI/c1-6-21-17(23-12-18(3,4)24-29(5,25)26)22-11-13-9-8-10-14(27-7-2)15(13)28-16(19)20;/h8-10,16,24H,6-7,11-12H2,1-5H3,(H2,21,22,23);1H. The van der Waals surface area contributed by atoms with Crippen molar-refractivity contribution in [2.45, 2.75) is 46.4 Å². The number of sulfonamides is 1. The van der Waals surface area contributed by atoms with Gasteiger partial charge in [-0.15, -0.1) is 24.0 Å². The van der Waals surface area contributed by atoms with Crippen LogP contribution >= 0.6 is 24.0 Å². The van der Waals surface area contributed by atoms with E-state index in [0.717, 1.165) is 6.26 Å². The van der Waals surface area contributed by atoms with Crippen molar-refractivity contribution < 1.29 is 26.7 Å².